The van der Waals surface area contributed by atoms with E-state index < -0.39 is 15.6 Å². The maximum absolute atomic E-state index is 12.1. The van der Waals surface area contributed by atoms with Gasteiger partial charge >= 0.3 is 15.6 Å². The van der Waals surface area contributed by atoms with Gasteiger partial charge in [-0.2, -0.15) is 21.6 Å². The van der Waals surface area contributed by atoms with Crippen molar-refractivity contribution in [2.45, 2.75) is 25.3 Å². The summed E-state index contributed by atoms with van der Waals surface area (Å²) in [5.74, 6) is -0.503. The van der Waals surface area contributed by atoms with E-state index >= 15 is 0 Å². The third kappa shape index (κ3) is 3.60. The third-order valence-electron chi connectivity index (χ3n) is 2.40. The van der Waals surface area contributed by atoms with Crippen molar-refractivity contribution in [2.75, 3.05) is 13.2 Å². The number of alkyl halides is 3. The van der Waals surface area contributed by atoms with E-state index in [4.69, 9.17) is 4.74 Å². The number of hydrogen-bond donors (Lipinski definition) is 0. The molecule has 0 saturated carbocycles. The van der Waals surface area contributed by atoms with Gasteiger partial charge in [-0.15, -0.1) is 0 Å². The molecule has 1 heterocycles. The van der Waals surface area contributed by atoms with Gasteiger partial charge in [-0.1, -0.05) is 0 Å². The monoisotopic (exact) mass is 274 g/mol. The maximum atomic E-state index is 12.1. The lowest BCUT2D eigenvalue weighted by molar-refractivity contribution is -0.0531. The molecule has 1 aliphatic heterocycles. The molecule has 1 aliphatic rings. The van der Waals surface area contributed by atoms with Crippen molar-refractivity contribution >= 4 is 10.1 Å². The van der Waals surface area contributed by atoms with Crippen LogP contribution in [-0.4, -0.2) is 27.1 Å². The molecule has 0 atom stereocenters. The lowest BCUT2D eigenvalue weighted by atomic mass is 9.98. The van der Waals surface area contributed by atoms with E-state index in [1.165, 1.54) is 13.0 Å². The average Bonchev–Trinajstić information content (AvgIpc) is 2.25. The van der Waals surface area contributed by atoms with Crippen molar-refractivity contribution in [3.63, 3.8) is 0 Å². The van der Waals surface area contributed by atoms with Gasteiger partial charge in [0.15, 0.2) is 0 Å². The summed E-state index contributed by atoms with van der Waals surface area (Å²) in [5, 5.41) is 0. The third-order valence-corrected chi connectivity index (χ3v) is 3.38. The molecule has 1 rings (SSSR count). The molecule has 0 amide bonds. The minimum atomic E-state index is -5.57. The standard InChI is InChI=1S/C9H13F3O4S/c1-2-8(7-3-5-15-6-4-7)16-17(13,14)9(10,11)12/h2,7H,3-6H2,1H3. The topological polar surface area (TPSA) is 52.6 Å². The summed E-state index contributed by atoms with van der Waals surface area (Å²) in [6.07, 6.45) is 2.15. The van der Waals surface area contributed by atoms with E-state index in [1.807, 2.05) is 0 Å². The van der Waals surface area contributed by atoms with Crippen LogP contribution in [0, 0.1) is 5.92 Å². The molecule has 1 fully saturated rings. The Morgan fingerprint density at radius 3 is 2.29 bits per heavy atom. The zero-order chi connectivity index (χ0) is 13.1. The lowest BCUT2D eigenvalue weighted by Gasteiger charge is -2.24. The van der Waals surface area contributed by atoms with Crippen LogP contribution in [0.4, 0.5) is 13.2 Å². The largest absolute Gasteiger partial charge is 0.534 e. The summed E-state index contributed by atoms with van der Waals surface area (Å²) < 4.78 is 67.3. The molecule has 0 aliphatic carbocycles. The highest BCUT2D eigenvalue weighted by molar-refractivity contribution is 7.87. The number of allylic oxidation sites excluding steroid dienone is 2. The summed E-state index contributed by atoms with van der Waals surface area (Å²) >= 11 is 0. The Balaban J connectivity index is 2.78. The zero-order valence-corrected chi connectivity index (χ0v) is 9.97. The number of ether oxygens (including phenoxy) is 1. The fourth-order valence-corrected chi connectivity index (χ4v) is 2.09. The SMILES string of the molecule is CC=C(OS(=O)(=O)C(F)(F)F)C1CCOCC1. The first kappa shape index (κ1) is 14.3. The molecule has 4 nitrogen and oxygen atoms in total. The van der Waals surface area contributed by atoms with Gasteiger partial charge in [-0.3, -0.25) is 0 Å². The van der Waals surface area contributed by atoms with Gasteiger partial charge in [0.2, 0.25) is 0 Å². The molecule has 1 saturated heterocycles. The van der Waals surface area contributed by atoms with Crippen molar-refractivity contribution in [3.05, 3.63) is 11.8 Å². The van der Waals surface area contributed by atoms with Gasteiger partial charge in [0.25, 0.3) is 0 Å². The second kappa shape index (κ2) is 5.26. The van der Waals surface area contributed by atoms with E-state index in [1.54, 1.807) is 0 Å². The van der Waals surface area contributed by atoms with Crippen LogP contribution in [-0.2, 0) is 19.0 Å². The van der Waals surface area contributed by atoms with Crippen LogP contribution in [0.15, 0.2) is 11.8 Å². The number of halogens is 3. The molecule has 8 heteroatoms. The highest BCUT2D eigenvalue weighted by Crippen LogP contribution is 2.31. The van der Waals surface area contributed by atoms with Gasteiger partial charge in [0.05, 0.1) is 0 Å². The molecule has 0 N–H and O–H groups in total. The fraction of sp³-hybridized carbons (Fsp3) is 0.778. The highest BCUT2D eigenvalue weighted by Gasteiger charge is 2.49. The molecular formula is C9H13F3O4S. The van der Waals surface area contributed by atoms with Crippen LogP contribution < -0.4 is 0 Å². The fourth-order valence-electron chi connectivity index (χ4n) is 1.51. The number of hydrogen-bond acceptors (Lipinski definition) is 4. The van der Waals surface area contributed by atoms with Crippen LogP contribution in [0.1, 0.15) is 19.8 Å². The van der Waals surface area contributed by atoms with Crippen molar-refractivity contribution in [2.24, 2.45) is 5.92 Å². The zero-order valence-electron chi connectivity index (χ0n) is 9.16. The molecule has 17 heavy (non-hydrogen) atoms. The Kier molecular flexibility index (Phi) is 4.42. The summed E-state index contributed by atoms with van der Waals surface area (Å²) in [6, 6.07) is 0. The maximum Gasteiger partial charge on any atom is 0.534 e. The van der Waals surface area contributed by atoms with Crippen molar-refractivity contribution < 1.29 is 30.5 Å². The summed E-state index contributed by atoms with van der Waals surface area (Å²) in [4.78, 5) is 0. The van der Waals surface area contributed by atoms with Crippen LogP contribution in [0.25, 0.3) is 0 Å². The first-order valence-corrected chi connectivity index (χ1v) is 6.43. The predicted molar refractivity (Wildman–Crippen MR) is 53.4 cm³/mol. The summed E-state index contributed by atoms with van der Waals surface area (Å²) in [6.45, 7) is 2.21. The van der Waals surface area contributed by atoms with E-state index in [0.29, 0.717) is 26.1 Å². The Hall–Kier alpha value is -0.760. The van der Waals surface area contributed by atoms with Crippen LogP contribution >= 0.6 is 0 Å². The smallest absolute Gasteiger partial charge is 0.381 e. The molecular weight excluding hydrogens is 261 g/mol. The Bertz CT molecular complexity index is 380. The van der Waals surface area contributed by atoms with E-state index in [2.05, 4.69) is 4.18 Å². The first-order valence-electron chi connectivity index (χ1n) is 5.02. The van der Waals surface area contributed by atoms with Crippen molar-refractivity contribution in [1.82, 2.24) is 0 Å². The Morgan fingerprint density at radius 1 is 1.35 bits per heavy atom. The first-order chi connectivity index (χ1) is 7.78. The van der Waals surface area contributed by atoms with Crippen LogP contribution in [0.3, 0.4) is 0 Å². The molecule has 0 aromatic carbocycles. The van der Waals surface area contributed by atoms with Crippen LogP contribution in [0.2, 0.25) is 0 Å². The molecule has 0 aromatic heterocycles. The second-order valence-corrected chi connectivity index (χ2v) is 5.10. The predicted octanol–water partition coefficient (Wildman–Crippen LogP) is 2.18. The van der Waals surface area contributed by atoms with Gasteiger partial charge in [0.1, 0.15) is 5.76 Å². The van der Waals surface area contributed by atoms with E-state index in [-0.39, 0.29) is 11.7 Å². The number of rotatable bonds is 3. The summed E-state index contributed by atoms with van der Waals surface area (Å²) in [7, 11) is -5.57. The lowest BCUT2D eigenvalue weighted by Crippen LogP contribution is -2.28. The van der Waals surface area contributed by atoms with Gasteiger partial charge in [-0.05, 0) is 25.8 Å². The Labute approximate surface area is 97.5 Å². The molecule has 100 valence electrons. The quantitative estimate of drug-likeness (QED) is 0.449. The Morgan fingerprint density at radius 2 is 1.88 bits per heavy atom. The minimum Gasteiger partial charge on any atom is -0.381 e. The van der Waals surface area contributed by atoms with E-state index in [0.717, 1.165) is 0 Å². The highest BCUT2D eigenvalue weighted by atomic mass is 32.2. The normalized spacial score (nSPS) is 20.4. The van der Waals surface area contributed by atoms with Gasteiger partial charge in [-0.25, -0.2) is 0 Å². The second-order valence-electron chi connectivity index (χ2n) is 3.56. The van der Waals surface area contributed by atoms with Crippen molar-refractivity contribution in [1.29, 1.82) is 0 Å². The van der Waals surface area contributed by atoms with E-state index in [9.17, 15) is 21.6 Å². The van der Waals surface area contributed by atoms with Crippen molar-refractivity contribution in [3.8, 4) is 0 Å². The molecule has 0 unspecified atom stereocenters. The summed E-state index contributed by atoms with van der Waals surface area (Å²) in [5.41, 5.74) is -5.40. The molecule has 0 bridgehead atoms. The molecule has 0 aromatic rings. The molecule has 0 radical (unpaired) electrons. The molecule has 0 spiro atoms. The van der Waals surface area contributed by atoms with Crippen LogP contribution in [0.5, 0.6) is 0 Å². The van der Waals surface area contributed by atoms with Gasteiger partial charge in [0, 0.05) is 19.1 Å². The minimum absolute atomic E-state index is 0.161. The van der Waals surface area contributed by atoms with Gasteiger partial charge < -0.3 is 8.92 Å². The average molecular weight is 274 g/mol.